The van der Waals surface area contributed by atoms with Gasteiger partial charge in [0.1, 0.15) is 16.8 Å². The normalized spacial score (nSPS) is 11.1. The molecule has 0 aliphatic heterocycles. The zero-order valence-electron chi connectivity index (χ0n) is 7.17. The molecule has 0 aromatic heterocycles. The van der Waals surface area contributed by atoms with Gasteiger partial charge in [-0.2, -0.15) is 5.26 Å². The van der Waals surface area contributed by atoms with Crippen LogP contribution in [0.3, 0.4) is 0 Å². The first kappa shape index (κ1) is 12.2. The van der Waals surface area contributed by atoms with Gasteiger partial charge in [0.2, 0.25) is 0 Å². The molecule has 0 unspecified atom stereocenters. The second kappa shape index (κ2) is 4.35. The van der Waals surface area contributed by atoms with E-state index in [-0.39, 0.29) is 17.0 Å². The summed E-state index contributed by atoms with van der Waals surface area (Å²) in [6.45, 7) is 0. The molecular weight excluding hydrogens is 264 g/mol. The van der Waals surface area contributed by atoms with Crippen LogP contribution >= 0.6 is 22.3 Å². The summed E-state index contributed by atoms with van der Waals surface area (Å²) in [4.78, 5) is -0.553. The van der Waals surface area contributed by atoms with Gasteiger partial charge in [-0.25, -0.2) is 12.8 Å². The van der Waals surface area contributed by atoms with Crippen molar-refractivity contribution >= 4 is 31.3 Å². The largest absolute Gasteiger partial charge is 0.262 e. The van der Waals surface area contributed by atoms with Crippen molar-refractivity contribution in [3.63, 3.8) is 0 Å². The lowest BCUT2D eigenvalue weighted by Gasteiger charge is -2.04. The van der Waals surface area contributed by atoms with Crippen LogP contribution in [0.5, 0.6) is 0 Å². The number of nitriles is 1. The fourth-order valence-electron chi connectivity index (χ4n) is 1.06. The Morgan fingerprint density at radius 2 is 2.07 bits per heavy atom. The minimum atomic E-state index is -4.15. The quantitative estimate of drug-likeness (QED) is 0.611. The lowest BCUT2D eigenvalue weighted by Crippen LogP contribution is -2.00. The van der Waals surface area contributed by atoms with E-state index in [1.54, 1.807) is 6.07 Å². The average molecular weight is 268 g/mol. The molecule has 0 heterocycles. The SMILES string of the molecule is N#Cc1c(CCl)cc(F)cc1S(=O)(=O)Cl. The third-order valence-corrected chi connectivity index (χ3v) is 3.30. The highest BCUT2D eigenvalue weighted by Gasteiger charge is 2.20. The van der Waals surface area contributed by atoms with Crippen molar-refractivity contribution in [2.45, 2.75) is 10.8 Å². The number of hydrogen-bond donors (Lipinski definition) is 0. The van der Waals surface area contributed by atoms with Crippen LogP contribution < -0.4 is 0 Å². The number of alkyl halides is 1. The van der Waals surface area contributed by atoms with Crippen LogP contribution in [0.4, 0.5) is 4.39 Å². The minimum Gasteiger partial charge on any atom is -0.207 e. The molecule has 0 aliphatic rings. The predicted octanol–water partition coefficient (Wildman–Crippen LogP) is 2.36. The van der Waals surface area contributed by atoms with E-state index in [4.69, 9.17) is 27.5 Å². The monoisotopic (exact) mass is 267 g/mol. The second-order valence-corrected chi connectivity index (χ2v) is 5.42. The van der Waals surface area contributed by atoms with E-state index in [2.05, 4.69) is 0 Å². The molecule has 1 aromatic carbocycles. The first-order valence-corrected chi connectivity index (χ1v) is 6.47. The standard InChI is InChI=1S/C8H4Cl2FNO2S/c9-3-5-1-6(11)2-8(7(5)4-12)15(10,13)14/h1-2H,3H2. The van der Waals surface area contributed by atoms with Crippen LogP contribution in [0.15, 0.2) is 17.0 Å². The fraction of sp³-hybridized carbons (Fsp3) is 0.125. The maximum atomic E-state index is 13.0. The molecule has 0 bridgehead atoms. The van der Waals surface area contributed by atoms with Gasteiger partial charge in [0.25, 0.3) is 9.05 Å². The molecule has 1 rings (SSSR count). The molecule has 3 nitrogen and oxygen atoms in total. The van der Waals surface area contributed by atoms with Gasteiger partial charge in [0.05, 0.1) is 5.56 Å². The molecule has 0 radical (unpaired) electrons. The zero-order valence-corrected chi connectivity index (χ0v) is 9.50. The van der Waals surface area contributed by atoms with Crippen molar-refractivity contribution in [1.29, 1.82) is 5.26 Å². The number of nitrogens with zero attached hydrogens (tertiary/aromatic N) is 1. The summed E-state index contributed by atoms with van der Waals surface area (Å²) in [7, 11) is 0.905. The van der Waals surface area contributed by atoms with E-state index in [1.807, 2.05) is 0 Å². The van der Waals surface area contributed by atoms with Crippen molar-refractivity contribution in [3.8, 4) is 6.07 Å². The number of hydrogen-bond acceptors (Lipinski definition) is 3. The molecule has 0 saturated heterocycles. The van der Waals surface area contributed by atoms with E-state index in [1.165, 1.54) is 0 Å². The summed E-state index contributed by atoms with van der Waals surface area (Å²) in [6.07, 6.45) is 0. The molecule has 0 atom stereocenters. The lowest BCUT2D eigenvalue weighted by atomic mass is 10.1. The van der Waals surface area contributed by atoms with Gasteiger partial charge in [0, 0.05) is 16.6 Å². The van der Waals surface area contributed by atoms with Crippen molar-refractivity contribution < 1.29 is 12.8 Å². The van der Waals surface area contributed by atoms with Crippen molar-refractivity contribution in [2.24, 2.45) is 0 Å². The molecular formula is C8H4Cl2FNO2S. The van der Waals surface area contributed by atoms with E-state index in [0.717, 1.165) is 6.07 Å². The Kier molecular flexibility index (Phi) is 3.55. The zero-order chi connectivity index (χ0) is 11.6. The van der Waals surface area contributed by atoms with Crippen LogP contribution in [0.25, 0.3) is 0 Å². The Morgan fingerprint density at radius 1 is 1.47 bits per heavy atom. The topological polar surface area (TPSA) is 57.9 Å². The Bertz CT molecular complexity index is 536. The summed E-state index contributed by atoms with van der Waals surface area (Å²) < 4.78 is 35.0. The van der Waals surface area contributed by atoms with Crippen LogP contribution in [-0.4, -0.2) is 8.42 Å². The molecule has 0 amide bonds. The molecule has 0 N–H and O–H groups in total. The van der Waals surface area contributed by atoms with E-state index in [9.17, 15) is 12.8 Å². The molecule has 0 spiro atoms. The first-order chi connectivity index (χ1) is 6.90. The van der Waals surface area contributed by atoms with Gasteiger partial charge < -0.3 is 0 Å². The summed E-state index contributed by atoms with van der Waals surface area (Å²) in [5, 5.41) is 8.73. The molecule has 80 valence electrons. The summed E-state index contributed by atoms with van der Waals surface area (Å²) >= 11 is 5.45. The van der Waals surface area contributed by atoms with E-state index >= 15 is 0 Å². The van der Waals surface area contributed by atoms with Gasteiger partial charge in [-0.05, 0) is 17.7 Å². The minimum absolute atomic E-state index is 0.0957. The molecule has 0 fully saturated rings. The van der Waals surface area contributed by atoms with Gasteiger partial charge in [-0.15, -0.1) is 11.6 Å². The van der Waals surface area contributed by atoms with Crippen molar-refractivity contribution in [1.82, 2.24) is 0 Å². The molecule has 0 aliphatic carbocycles. The Labute approximate surface area is 95.5 Å². The van der Waals surface area contributed by atoms with Gasteiger partial charge >= 0.3 is 0 Å². The number of rotatable bonds is 2. The average Bonchev–Trinajstić information content (AvgIpc) is 2.15. The highest BCUT2D eigenvalue weighted by molar-refractivity contribution is 8.13. The summed E-state index contributed by atoms with van der Waals surface area (Å²) in [5.74, 6) is -0.969. The lowest BCUT2D eigenvalue weighted by molar-refractivity contribution is 0.601. The maximum absolute atomic E-state index is 13.0. The van der Waals surface area contributed by atoms with Crippen LogP contribution in [0, 0.1) is 17.1 Å². The predicted molar refractivity (Wildman–Crippen MR) is 53.7 cm³/mol. The first-order valence-electron chi connectivity index (χ1n) is 3.63. The van der Waals surface area contributed by atoms with Crippen LogP contribution in [0.2, 0.25) is 0 Å². The fourth-order valence-corrected chi connectivity index (χ4v) is 2.31. The molecule has 0 saturated carbocycles. The Morgan fingerprint density at radius 3 is 2.47 bits per heavy atom. The maximum Gasteiger partial charge on any atom is 0.262 e. The smallest absolute Gasteiger partial charge is 0.207 e. The number of halogens is 3. The molecule has 7 heteroatoms. The highest BCUT2D eigenvalue weighted by atomic mass is 35.7. The van der Waals surface area contributed by atoms with Gasteiger partial charge in [-0.1, -0.05) is 0 Å². The Hall–Kier alpha value is -0.830. The van der Waals surface area contributed by atoms with Gasteiger partial charge in [-0.3, -0.25) is 0 Å². The summed E-state index contributed by atoms with van der Waals surface area (Å²) in [5.41, 5.74) is -0.125. The van der Waals surface area contributed by atoms with Crippen LogP contribution in [-0.2, 0) is 14.9 Å². The molecule has 15 heavy (non-hydrogen) atoms. The van der Waals surface area contributed by atoms with Crippen molar-refractivity contribution in [3.05, 3.63) is 29.1 Å². The van der Waals surface area contributed by atoms with Gasteiger partial charge in [0.15, 0.2) is 0 Å². The highest BCUT2D eigenvalue weighted by Crippen LogP contribution is 2.25. The van der Waals surface area contributed by atoms with Crippen LogP contribution in [0.1, 0.15) is 11.1 Å². The van der Waals surface area contributed by atoms with E-state index in [0.29, 0.717) is 6.07 Å². The Balaban J connectivity index is 3.66. The van der Waals surface area contributed by atoms with Crippen molar-refractivity contribution in [2.75, 3.05) is 0 Å². The third-order valence-electron chi connectivity index (χ3n) is 1.67. The molecule has 1 aromatic rings. The summed E-state index contributed by atoms with van der Waals surface area (Å²) in [6, 6.07) is 3.32. The second-order valence-electron chi connectivity index (χ2n) is 2.62. The third kappa shape index (κ3) is 2.59. The number of benzene rings is 1. The van der Waals surface area contributed by atoms with E-state index < -0.39 is 19.8 Å².